The molecule has 40 heavy (non-hydrogen) atoms. The van der Waals surface area contributed by atoms with E-state index in [0.717, 1.165) is 50.1 Å². The fourth-order valence-corrected chi connectivity index (χ4v) is 5.22. The molecule has 4 rings (SSSR count). The van der Waals surface area contributed by atoms with E-state index >= 15 is 0 Å². The van der Waals surface area contributed by atoms with Crippen molar-refractivity contribution < 1.29 is 14.7 Å². The van der Waals surface area contributed by atoms with Crippen LogP contribution in [0.3, 0.4) is 0 Å². The van der Waals surface area contributed by atoms with Gasteiger partial charge in [0.15, 0.2) is 0 Å². The van der Waals surface area contributed by atoms with E-state index in [-0.39, 0.29) is 36.1 Å². The number of amides is 1. The Bertz CT molecular complexity index is 1330. The number of aromatic nitrogens is 2. The lowest BCUT2D eigenvalue weighted by molar-refractivity contribution is -0.138. The maximum absolute atomic E-state index is 12.8. The van der Waals surface area contributed by atoms with Gasteiger partial charge in [-0.15, -0.1) is 0 Å². The molecule has 0 saturated carbocycles. The highest BCUT2D eigenvalue weighted by molar-refractivity contribution is 6.11. The Hall–Kier alpha value is -4.53. The smallest absolute Gasteiger partial charge is 0.303 e. The number of hydrogen-bond acceptors (Lipinski definition) is 8. The zero-order chi connectivity index (χ0) is 28.5. The average Bonchev–Trinajstić information content (AvgIpc) is 2.96. The van der Waals surface area contributed by atoms with Gasteiger partial charge in [0.25, 0.3) is 5.56 Å². The Kier molecular flexibility index (Phi) is 9.62. The second-order valence-corrected chi connectivity index (χ2v) is 10.2. The van der Waals surface area contributed by atoms with E-state index in [0.29, 0.717) is 31.2 Å². The second kappa shape index (κ2) is 13.5. The Morgan fingerprint density at radius 2 is 1.80 bits per heavy atom. The monoisotopic (exact) mass is 546 g/mol. The minimum atomic E-state index is -0.745. The molecule has 1 aromatic heterocycles. The number of nitrogens with zero attached hydrogens (tertiary/aromatic N) is 6. The van der Waals surface area contributed by atoms with E-state index in [2.05, 4.69) is 32.1 Å². The van der Waals surface area contributed by atoms with Crippen LogP contribution in [0.5, 0.6) is 0 Å². The number of carbonyl (C=O) groups excluding carboxylic acids is 1. The van der Waals surface area contributed by atoms with Crippen LogP contribution in [0.2, 0.25) is 0 Å². The summed E-state index contributed by atoms with van der Waals surface area (Å²) in [4.78, 5) is 48.5. The first-order valence-electron chi connectivity index (χ1n) is 13.5. The van der Waals surface area contributed by atoms with Crippen LogP contribution in [0, 0.1) is 23.2 Å². The maximum Gasteiger partial charge on any atom is 0.303 e. The fourth-order valence-electron chi connectivity index (χ4n) is 5.22. The van der Waals surface area contributed by atoms with E-state index in [9.17, 15) is 14.4 Å². The molecule has 2 aliphatic heterocycles. The number of nitrogens with one attached hydrogen (secondary N) is 2. The third-order valence-electron chi connectivity index (χ3n) is 7.52. The molecule has 0 atom stereocenters. The molecular weight excluding hydrogens is 512 g/mol. The Balaban J connectivity index is 1.47. The van der Waals surface area contributed by atoms with Gasteiger partial charge in [-0.1, -0.05) is 0 Å². The summed E-state index contributed by atoms with van der Waals surface area (Å²) in [7, 11) is 0. The summed E-state index contributed by atoms with van der Waals surface area (Å²) in [5.41, 5.74) is 1.91. The molecular formula is C28H34N8O4. The molecule has 1 amide bonds. The van der Waals surface area contributed by atoms with Crippen LogP contribution in [0.4, 0.5) is 17.1 Å². The number of aliphatic imine (C=N–C) groups is 2. The Morgan fingerprint density at radius 3 is 2.42 bits per heavy atom. The molecule has 2 saturated heterocycles. The van der Waals surface area contributed by atoms with E-state index in [1.165, 1.54) is 6.20 Å². The standard InChI is InChI=1S/C28H34N8O4/c1-30-23-18-32-34-28(40)26(23)27(31-17-20-9-14-36(15-10-20)24(37)6-11-29)33-21-2-4-22(5-3-21)35-12-7-19(8-13-35)16-25(38)39/h2-5,18-20H,1,6-10,12-17H2,(H,31,33)(H,34,40)(H,38,39). The van der Waals surface area contributed by atoms with Crippen molar-refractivity contribution in [3.8, 4) is 6.07 Å². The highest BCUT2D eigenvalue weighted by Gasteiger charge is 2.24. The molecule has 2 aromatic rings. The highest BCUT2D eigenvalue weighted by atomic mass is 16.4. The van der Waals surface area contributed by atoms with Crippen molar-refractivity contribution in [3.05, 3.63) is 46.4 Å². The van der Waals surface area contributed by atoms with Gasteiger partial charge in [0.05, 0.1) is 18.0 Å². The largest absolute Gasteiger partial charge is 0.481 e. The molecule has 12 heteroatoms. The van der Waals surface area contributed by atoms with Gasteiger partial charge >= 0.3 is 5.97 Å². The predicted molar refractivity (Wildman–Crippen MR) is 152 cm³/mol. The number of amidine groups is 1. The number of benzene rings is 1. The van der Waals surface area contributed by atoms with Gasteiger partial charge in [0, 0.05) is 50.5 Å². The van der Waals surface area contributed by atoms with Crippen molar-refractivity contribution in [1.29, 1.82) is 5.26 Å². The van der Waals surface area contributed by atoms with E-state index < -0.39 is 11.5 Å². The lowest BCUT2D eigenvalue weighted by Gasteiger charge is -2.33. The quantitative estimate of drug-likeness (QED) is 0.319. The Labute approximate surface area is 232 Å². The number of aliphatic carboxylic acids is 1. The first-order chi connectivity index (χ1) is 19.4. The summed E-state index contributed by atoms with van der Waals surface area (Å²) in [5, 5.41) is 27.4. The van der Waals surface area contributed by atoms with Crippen LogP contribution in [0.15, 0.2) is 45.2 Å². The van der Waals surface area contributed by atoms with Crippen LogP contribution >= 0.6 is 0 Å². The molecule has 3 heterocycles. The summed E-state index contributed by atoms with van der Waals surface area (Å²) in [6, 6.07) is 9.74. The minimum absolute atomic E-state index is 0.110. The number of nitriles is 1. The molecule has 0 aliphatic carbocycles. The number of carboxylic acid groups (broad SMARTS) is 1. The summed E-state index contributed by atoms with van der Waals surface area (Å²) >= 11 is 0. The topological polar surface area (TPSA) is 167 Å². The van der Waals surface area contributed by atoms with Gasteiger partial charge in [-0.2, -0.15) is 10.4 Å². The van der Waals surface area contributed by atoms with Crippen LogP contribution in [-0.2, 0) is 9.59 Å². The van der Waals surface area contributed by atoms with E-state index in [1.807, 2.05) is 30.3 Å². The molecule has 12 nitrogen and oxygen atoms in total. The SMILES string of the molecule is C=Nc1cn[nH]c(=O)c1/C(=N\CC1CCN(C(=O)CC#N)CC1)Nc1ccc(N2CCC(CC(=O)O)CC2)cc1. The van der Waals surface area contributed by atoms with Crippen molar-refractivity contribution in [2.75, 3.05) is 42.9 Å². The molecule has 0 spiro atoms. The third kappa shape index (κ3) is 7.31. The molecule has 0 radical (unpaired) electrons. The van der Waals surface area contributed by atoms with Crippen LogP contribution in [-0.4, -0.2) is 77.4 Å². The van der Waals surface area contributed by atoms with Gasteiger partial charge in [0.1, 0.15) is 17.8 Å². The number of anilines is 2. The van der Waals surface area contributed by atoms with Gasteiger partial charge in [-0.05, 0) is 68.5 Å². The number of hydrogen-bond donors (Lipinski definition) is 3. The fraction of sp³-hybridized carbons (Fsp3) is 0.464. The lowest BCUT2D eigenvalue weighted by atomic mass is 9.93. The summed E-state index contributed by atoms with van der Waals surface area (Å²) < 4.78 is 0. The second-order valence-electron chi connectivity index (χ2n) is 10.2. The molecule has 210 valence electrons. The molecule has 3 N–H and O–H groups in total. The minimum Gasteiger partial charge on any atom is -0.481 e. The van der Waals surface area contributed by atoms with Gasteiger partial charge in [0.2, 0.25) is 5.91 Å². The first kappa shape index (κ1) is 28.5. The predicted octanol–water partition coefficient (Wildman–Crippen LogP) is 2.80. The van der Waals surface area contributed by atoms with E-state index in [4.69, 9.17) is 15.4 Å². The number of likely N-dealkylation sites (tertiary alicyclic amines) is 1. The molecule has 0 bridgehead atoms. The van der Waals surface area contributed by atoms with Crippen molar-refractivity contribution in [1.82, 2.24) is 15.1 Å². The van der Waals surface area contributed by atoms with Gasteiger partial charge in [-0.3, -0.25) is 24.4 Å². The third-order valence-corrected chi connectivity index (χ3v) is 7.52. The zero-order valence-corrected chi connectivity index (χ0v) is 22.4. The number of aromatic amines is 1. The first-order valence-corrected chi connectivity index (χ1v) is 13.5. The maximum atomic E-state index is 12.8. The van der Waals surface area contributed by atoms with Crippen LogP contribution < -0.4 is 15.8 Å². The molecule has 1 aromatic carbocycles. The summed E-state index contributed by atoms with van der Waals surface area (Å²) in [6.07, 6.45) is 4.73. The van der Waals surface area contributed by atoms with Crippen molar-refractivity contribution in [2.45, 2.75) is 38.5 Å². The number of carbonyl (C=O) groups is 2. The zero-order valence-electron chi connectivity index (χ0n) is 22.4. The summed E-state index contributed by atoms with van der Waals surface area (Å²) in [5.74, 6) is -0.105. The van der Waals surface area contributed by atoms with E-state index in [1.54, 1.807) is 4.90 Å². The average molecular weight is 547 g/mol. The normalized spacial score (nSPS) is 16.8. The number of carboxylic acids is 1. The summed E-state index contributed by atoms with van der Waals surface area (Å²) in [6.45, 7) is 6.78. The number of rotatable bonds is 9. The molecule has 2 fully saturated rings. The van der Waals surface area contributed by atoms with Crippen LogP contribution in [0.25, 0.3) is 0 Å². The van der Waals surface area contributed by atoms with Crippen molar-refractivity contribution >= 4 is 41.5 Å². The molecule has 2 aliphatic rings. The van der Waals surface area contributed by atoms with Gasteiger partial charge < -0.3 is 20.2 Å². The highest BCUT2D eigenvalue weighted by Crippen LogP contribution is 2.27. The van der Waals surface area contributed by atoms with Gasteiger partial charge in [-0.25, -0.2) is 5.10 Å². The van der Waals surface area contributed by atoms with Crippen molar-refractivity contribution in [3.63, 3.8) is 0 Å². The van der Waals surface area contributed by atoms with Crippen molar-refractivity contribution in [2.24, 2.45) is 21.8 Å². The number of H-pyrrole nitrogens is 1. The Morgan fingerprint density at radius 1 is 1.12 bits per heavy atom. The number of piperidine rings is 2. The lowest BCUT2D eigenvalue weighted by Crippen LogP contribution is -2.39. The molecule has 0 unspecified atom stereocenters. The van der Waals surface area contributed by atoms with Crippen LogP contribution in [0.1, 0.15) is 44.1 Å².